The van der Waals surface area contributed by atoms with Crippen LogP contribution in [-0.2, 0) is 11.2 Å². The number of benzene rings is 2. The molecule has 1 aliphatic rings. The predicted octanol–water partition coefficient (Wildman–Crippen LogP) is 4.86. The number of primary amides is 1. The van der Waals surface area contributed by atoms with Crippen LogP contribution in [0.4, 0.5) is 4.79 Å². The van der Waals surface area contributed by atoms with Gasteiger partial charge in [-0.05, 0) is 53.6 Å². The monoisotopic (exact) mass is 339 g/mol. The number of rotatable bonds is 5. The van der Waals surface area contributed by atoms with Crippen molar-refractivity contribution in [3.63, 3.8) is 0 Å². The van der Waals surface area contributed by atoms with Crippen LogP contribution in [0.1, 0.15) is 43.9 Å². The summed E-state index contributed by atoms with van der Waals surface area (Å²) in [6, 6.07) is 14.4. The molecule has 0 spiro atoms. The van der Waals surface area contributed by atoms with Gasteiger partial charge in [-0.25, -0.2) is 4.79 Å². The van der Waals surface area contributed by atoms with E-state index in [4.69, 9.17) is 15.2 Å². The first-order valence-electron chi connectivity index (χ1n) is 8.76. The van der Waals surface area contributed by atoms with E-state index in [1.165, 1.54) is 5.56 Å². The number of hydrogen-bond acceptors (Lipinski definition) is 3. The molecule has 1 aliphatic carbocycles. The highest BCUT2D eigenvalue weighted by molar-refractivity contribution is 5.68. The van der Waals surface area contributed by atoms with Crippen molar-refractivity contribution >= 4 is 6.09 Å². The minimum Gasteiger partial charge on any atom is -0.497 e. The first-order chi connectivity index (χ1) is 12.0. The summed E-state index contributed by atoms with van der Waals surface area (Å²) in [5.74, 6) is 0.837. The molecule has 4 nitrogen and oxygen atoms in total. The minimum atomic E-state index is -0.707. The molecule has 0 saturated heterocycles. The largest absolute Gasteiger partial charge is 0.497 e. The van der Waals surface area contributed by atoms with Gasteiger partial charge in [0.2, 0.25) is 0 Å². The second-order valence-corrected chi connectivity index (χ2v) is 6.71. The highest BCUT2D eigenvalue weighted by Gasteiger charge is 2.46. The third-order valence-electron chi connectivity index (χ3n) is 5.57. The van der Waals surface area contributed by atoms with E-state index in [0.29, 0.717) is 0 Å². The zero-order valence-corrected chi connectivity index (χ0v) is 15.0. The van der Waals surface area contributed by atoms with Crippen LogP contribution in [0.25, 0.3) is 11.1 Å². The van der Waals surface area contributed by atoms with Crippen molar-refractivity contribution in [3.8, 4) is 16.9 Å². The number of carbonyl (C=O) groups is 1. The Bertz CT molecular complexity index is 780. The average molecular weight is 339 g/mol. The molecule has 132 valence electrons. The SMILES string of the molecule is CCC1(CC)Cc2cc(-c3cccc(OC)c3)ccc2C1OC(N)=O. The number of ether oxygens (including phenoxy) is 2. The van der Waals surface area contributed by atoms with Gasteiger partial charge < -0.3 is 15.2 Å². The maximum atomic E-state index is 11.4. The Morgan fingerprint density at radius 2 is 1.88 bits per heavy atom. The molecule has 0 heterocycles. The summed E-state index contributed by atoms with van der Waals surface area (Å²) < 4.78 is 10.9. The number of nitrogens with two attached hydrogens (primary N) is 1. The summed E-state index contributed by atoms with van der Waals surface area (Å²) in [6.07, 6.45) is 1.79. The van der Waals surface area contributed by atoms with Gasteiger partial charge in [0.05, 0.1) is 7.11 Å². The molecule has 0 saturated carbocycles. The molecule has 1 atom stereocenters. The smallest absolute Gasteiger partial charge is 0.405 e. The van der Waals surface area contributed by atoms with Crippen LogP contribution in [0.15, 0.2) is 42.5 Å². The van der Waals surface area contributed by atoms with Gasteiger partial charge in [0.25, 0.3) is 0 Å². The maximum absolute atomic E-state index is 11.4. The van der Waals surface area contributed by atoms with Crippen LogP contribution >= 0.6 is 0 Å². The van der Waals surface area contributed by atoms with E-state index in [1.807, 2.05) is 18.2 Å². The number of amides is 1. The molecular weight excluding hydrogens is 314 g/mol. The van der Waals surface area contributed by atoms with Crippen molar-refractivity contribution in [2.45, 2.75) is 39.2 Å². The van der Waals surface area contributed by atoms with Crippen LogP contribution in [0.5, 0.6) is 5.75 Å². The molecule has 2 aromatic carbocycles. The van der Waals surface area contributed by atoms with E-state index in [9.17, 15) is 4.79 Å². The van der Waals surface area contributed by atoms with Crippen molar-refractivity contribution in [3.05, 3.63) is 53.6 Å². The van der Waals surface area contributed by atoms with Gasteiger partial charge in [0, 0.05) is 5.41 Å². The summed E-state index contributed by atoms with van der Waals surface area (Å²) in [5.41, 5.74) is 9.82. The predicted molar refractivity (Wildman–Crippen MR) is 98.6 cm³/mol. The lowest BCUT2D eigenvalue weighted by Crippen LogP contribution is -2.30. The lowest BCUT2D eigenvalue weighted by atomic mass is 9.77. The van der Waals surface area contributed by atoms with Crippen molar-refractivity contribution in [1.82, 2.24) is 0 Å². The first kappa shape index (κ1) is 17.3. The van der Waals surface area contributed by atoms with Gasteiger partial charge in [-0.2, -0.15) is 0 Å². The van der Waals surface area contributed by atoms with E-state index in [1.54, 1.807) is 7.11 Å². The van der Waals surface area contributed by atoms with Gasteiger partial charge in [0.15, 0.2) is 0 Å². The minimum absolute atomic E-state index is 0.0790. The van der Waals surface area contributed by atoms with E-state index in [2.05, 4.69) is 38.1 Å². The lowest BCUT2D eigenvalue weighted by molar-refractivity contribution is 0.0140. The molecule has 0 bridgehead atoms. The van der Waals surface area contributed by atoms with Gasteiger partial charge >= 0.3 is 6.09 Å². The molecule has 0 aromatic heterocycles. The third-order valence-corrected chi connectivity index (χ3v) is 5.57. The lowest BCUT2D eigenvalue weighted by Gasteiger charge is -2.32. The van der Waals surface area contributed by atoms with Crippen LogP contribution in [0, 0.1) is 5.41 Å². The summed E-state index contributed by atoms with van der Waals surface area (Å²) in [7, 11) is 1.67. The zero-order valence-electron chi connectivity index (χ0n) is 15.0. The summed E-state index contributed by atoms with van der Waals surface area (Å²) >= 11 is 0. The van der Waals surface area contributed by atoms with Crippen LogP contribution < -0.4 is 10.5 Å². The topological polar surface area (TPSA) is 61.6 Å². The van der Waals surface area contributed by atoms with E-state index in [0.717, 1.165) is 41.7 Å². The molecule has 25 heavy (non-hydrogen) atoms. The van der Waals surface area contributed by atoms with Gasteiger partial charge in [-0.1, -0.05) is 44.2 Å². The Morgan fingerprint density at radius 1 is 1.16 bits per heavy atom. The Labute approximate surface area is 148 Å². The van der Waals surface area contributed by atoms with Crippen LogP contribution in [0.3, 0.4) is 0 Å². The molecule has 0 aliphatic heterocycles. The molecule has 4 heteroatoms. The Kier molecular flexibility index (Phi) is 4.71. The number of methoxy groups -OCH3 is 1. The van der Waals surface area contributed by atoms with Gasteiger partial charge in [0.1, 0.15) is 11.9 Å². The summed E-state index contributed by atoms with van der Waals surface area (Å²) in [4.78, 5) is 11.4. The summed E-state index contributed by atoms with van der Waals surface area (Å²) in [5, 5.41) is 0. The van der Waals surface area contributed by atoms with Crippen LogP contribution in [0.2, 0.25) is 0 Å². The third kappa shape index (κ3) is 3.09. The number of hydrogen-bond donors (Lipinski definition) is 1. The van der Waals surface area contributed by atoms with Gasteiger partial charge in [-0.3, -0.25) is 0 Å². The van der Waals surface area contributed by atoms with Crippen molar-refractivity contribution in [1.29, 1.82) is 0 Å². The molecule has 3 rings (SSSR count). The molecule has 2 aromatic rings. The molecule has 1 amide bonds. The van der Waals surface area contributed by atoms with E-state index in [-0.39, 0.29) is 11.5 Å². The highest BCUT2D eigenvalue weighted by atomic mass is 16.6. The Balaban J connectivity index is 2.02. The first-order valence-corrected chi connectivity index (χ1v) is 8.76. The maximum Gasteiger partial charge on any atom is 0.405 e. The second kappa shape index (κ2) is 6.79. The number of carbonyl (C=O) groups excluding carboxylic acids is 1. The fourth-order valence-corrected chi connectivity index (χ4v) is 3.97. The van der Waals surface area contributed by atoms with E-state index < -0.39 is 6.09 Å². The quantitative estimate of drug-likeness (QED) is 0.846. The average Bonchev–Trinajstić information content (AvgIpc) is 2.94. The Morgan fingerprint density at radius 3 is 2.52 bits per heavy atom. The standard InChI is InChI=1S/C21H25NO3/c1-4-21(5-2)13-16-11-15(14-7-6-8-17(12-14)24-3)9-10-18(16)19(21)25-20(22)23/h6-12,19H,4-5,13H2,1-3H3,(H2,22,23). The zero-order chi connectivity index (χ0) is 18.0. The Hall–Kier alpha value is -2.49. The van der Waals surface area contributed by atoms with Crippen LogP contribution in [-0.4, -0.2) is 13.2 Å². The fourth-order valence-electron chi connectivity index (χ4n) is 3.97. The molecule has 0 radical (unpaired) electrons. The number of fused-ring (bicyclic) bond motifs is 1. The molecule has 0 fully saturated rings. The van der Waals surface area contributed by atoms with Gasteiger partial charge in [-0.15, -0.1) is 0 Å². The molecular formula is C21H25NO3. The molecule has 2 N–H and O–H groups in total. The van der Waals surface area contributed by atoms with E-state index >= 15 is 0 Å². The van der Waals surface area contributed by atoms with Crippen molar-refractivity contribution < 1.29 is 14.3 Å². The van der Waals surface area contributed by atoms with Crippen molar-refractivity contribution in [2.75, 3.05) is 7.11 Å². The highest BCUT2D eigenvalue weighted by Crippen LogP contribution is 2.52. The fraction of sp³-hybridized carbons (Fsp3) is 0.381. The molecule has 1 unspecified atom stereocenters. The second-order valence-electron chi connectivity index (χ2n) is 6.71. The summed E-state index contributed by atoms with van der Waals surface area (Å²) in [6.45, 7) is 4.30. The normalized spacial score (nSPS) is 17.8. The van der Waals surface area contributed by atoms with Crippen molar-refractivity contribution in [2.24, 2.45) is 11.1 Å².